The van der Waals surface area contributed by atoms with Gasteiger partial charge in [-0.2, -0.15) is 0 Å². The van der Waals surface area contributed by atoms with Gasteiger partial charge < -0.3 is 58.3 Å². The summed E-state index contributed by atoms with van der Waals surface area (Å²) in [5.41, 5.74) is 11.3. The van der Waals surface area contributed by atoms with Gasteiger partial charge in [0.15, 0.2) is 0 Å². The number of carboxylic acids is 1. The fourth-order valence-corrected chi connectivity index (χ4v) is 5.42. The van der Waals surface area contributed by atoms with E-state index in [2.05, 4.69) is 26.6 Å². The van der Waals surface area contributed by atoms with Gasteiger partial charge in [0, 0.05) is 6.54 Å². The maximum absolute atomic E-state index is 13.6. The third kappa shape index (κ3) is 13.8. The first-order valence-electron chi connectivity index (χ1n) is 17.2. The number of aliphatic carboxylic acids is 1. The van der Waals surface area contributed by atoms with E-state index in [0.29, 0.717) is 32.2 Å². The maximum Gasteiger partial charge on any atom is 0.326 e. The highest BCUT2D eigenvalue weighted by molar-refractivity contribution is 5.97. The van der Waals surface area contributed by atoms with E-state index in [1.54, 1.807) is 13.8 Å². The first-order valence-corrected chi connectivity index (χ1v) is 17.2. The van der Waals surface area contributed by atoms with E-state index in [-0.39, 0.29) is 25.3 Å². The number of nitrogens with one attached hydrogen (secondary N) is 5. The maximum atomic E-state index is 13.6. The summed E-state index contributed by atoms with van der Waals surface area (Å²) in [5.74, 6) is -6.22. The summed E-state index contributed by atoms with van der Waals surface area (Å²) in [6.07, 6.45) is 0.610. The van der Waals surface area contributed by atoms with Crippen LogP contribution in [0.5, 0.6) is 0 Å². The van der Waals surface area contributed by atoms with E-state index in [1.807, 2.05) is 13.8 Å². The molecule has 0 spiro atoms. The lowest BCUT2D eigenvalue weighted by atomic mass is 10.0. The van der Waals surface area contributed by atoms with Crippen molar-refractivity contribution in [2.75, 3.05) is 19.7 Å². The predicted molar refractivity (Wildman–Crippen MR) is 182 cm³/mol. The van der Waals surface area contributed by atoms with Crippen LogP contribution in [0, 0.1) is 11.8 Å². The highest BCUT2D eigenvalue weighted by Gasteiger charge is 2.38. The quantitative estimate of drug-likeness (QED) is 0.0534. The lowest BCUT2D eigenvalue weighted by Crippen LogP contribution is -2.61. The number of nitrogens with zero attached hydrogens (tertiary/aromatic N) is 1. The van der Waals surface area contributed by atoms with Crippen LogP contribution in [0.2, 0.25) is 0 Å². The Balaban J connectivity index is 3.10. The van der Waals surface area contributed by atoms with Gasteiger partial charge in [-0.25, -0.2) is 4.79 Å². The third-order valence-electron chi connectivity index (χ3n) is 8.32. The first-order chi connectivity index (χ1) is 23.4. The van der Waals surface area contributed by atoms with Gasteiger partial charge in [0.1, 0.15) is 42.3 Å². The number of aliphatic hydroxyl groups excluding tert-OH is 2. The SMILES string of the molecule is CC(C)C[C@H](NC(=O)[C@H](C)NC(=O)[C@@H]1CCCN1C(=O)[C@@H](N)CO)C(=O)N[C@@H](CCCCN)C(=O)N[C@H](C(=O)N[C@H](C(=O)O)C(C)C)[C@@H](C)O. The van der Waals surface area contributed by atoms with Crippen molar-refractivity contribution < 1.29 is 48.9 Å². The van der Waals surface area contributed by atoms with Crippen LogP contribution in [0.25, 0.3) is 0 Å². The summed E-state index contributed by atoms with van der Waals surface area (Å²) in [6, 6.07) is -8.37. The number of aliphatic hydroxyl groups is 2. The van der Waals surface area contributed by atoms with E-state index in [0.717, 1.165) is 0 Å². The van der Waals surface area contributed by atoms with E-state index < -0.39 is 102 Å². The number of unbranched alkanes of at least 4 members (excludes halogenated alkanes) is 1. The van der Waals surface area contributed by atoms with Crippen molar-refractivity contribution in [3.05, 3.63) is 0 Å². The standard InChI is InChI=1S/C32H58N8O10/c1-16(2)14-22(37-26(43)18(5)35-29(46)23-11-9-13-40(23)31(48)20(34)15-41)28(45)36-21(10-7-8-12-33)27(44)39-25(19(6)42)30(47)38-24(17(3)4)32(49)50/h16-25,41-42H,7-15,33-34H2,1-6H3,(H,35,46)(H,36,45)(H,37,43)(H,38,47)(H,39,44)(H,49,50)/t18-,19+,20-,21-,22-,23-,24-,25-/m0/s1. The lowest BCUT2D eigenvalue weighted by molar-refractivity contribution is -0.144. The van der Waals surface area contributed by atoms with Gasteiger partial charge in [-0.05, 0) is 70.8 Å². The van der Waals surface area contributed by atoms with E-state index in [1.165, 1.54) is 18.7 Å². The van der Waals surface area contributed by atoms with Crippen molar-refractivity contribution in [3.63, 3.8) is 0 Å². The first kappa shape index (κ1) is 44.2. The molecule has 1 aliphatic rings. The molecule has 6 amide bonds. The summed E-state index contributed by atoms with van der Waals surface area (Å²) in [5, 5.41) is 41.6. The second-order valence-electron chi connectivity index (χ2n) is 13.5. The van der Waals surface area contributed by atoms with Gasteiger partial charge >= 0.3 is 5.97 Å². The van der Waals surface area contributed by atoms with Crippen molar-refractivity contribution in [2.24, 2.45) is 23.3 Å². The van der Waals surface area contributed by atoms with Crippen LogP contribution < -0.4 is 38.1 Å². The molecule has 0 bridgehead atoms. The highest BCUT2D eigenvalue weighted by Crippen LogP contribution is 2.18. The molecule has 0 aliphatic carbocycles. The Morgan fingerprint density at radius 1 is 0.800 bits per heavy atom. The fourth-order valence-electron chi connectivity index (χ4n) is 5.42. The molecule has 0 aromatic rings. The highest BCUT2D eigenvalue weighted by atomic mass is 16.4. The van der Waals surface area contributed by atoms with Gasteiger partial charge in [-0.1, -0.05) is 27.7 Å². The number of carboxylic acid groups (broad SMARTS) is 1. The zero-order chi connectivity index (χ0) is 38.3. The molecule has 1 aliphatic heterocycles. The number of hydrogen-bond acceptors (Lipinski definition) is 11. The van der Waals surface area contributed by atoms with E-state index in [4.69, 9.17) is 11.5 Å². The minimum atomic E-state index is -1.54. The van der Waals surface area contributed by atoms with Gasteiger partial charge in [-0.15, -0.1) is 0 Å². The van der Waals surface area contributed by atoms with Crippen molar-refractivity contribution in [2.45, 2.75) is 128 Å². The Morgan fingerprint density at radius 2 is 1.38 bits per heavy atom. The minimum absolute atomic E-state index is 0.0953. The second kappa shape index (κ2) is 21.4. The molecule has 1 rings (SSSR count). The molecule has 18 heteroatoms. The summed E-state index contributed by atoms with van der Waals surface area (Å²) in [6.45, 7) is 9.46. The monoisotopic (exact) mass is 714 g/mol. The van der Waals surface area contributed by atoms with Crippen LogP contribution in [0.1, 0.15) is 80.1 Å². The zero-order valence-corrected chi connectivity index (χ0v) is 29.9. The largest absolute Gasteiger partial charge is 0.480 e. The third-order valence-corrected chi connectivity index (χ3v) is 8.32. The summed E-state index contributed by atoms with van der Waals surface area (Å²) in [4.78, 5) is 91.7. The van der Waals surface area contributed by atoms with Crippen LogP contribution in [0.3, 0.4) is 0 Å². The van der Waals surface area contributed by atoms with Crippen LogP contribution in [0.4, 0.5) is 0 Å². The topological polar surface area (TPSA) is 296 Å². The lowest BCUT2D eigenvalue weighted by Gasteiger charge is -2.29. The van der Waals surface area contributed by atoms with Crippen molar-refractivity contribution in [1.29, 1.82) is 0 Å². The van der Waals surface area contributed by atoms with E-state index in [9.17, 15) is 48.9 Å². The Morgan fingerprint density at radius 3 is 1.90 bits per heavy atom. The molecule has 18 nitrogen and oxygen atoms in total. The summed E-state index contributed by atoms with van der Waals surface area (Å²) >= 11 is 0. The average molecular weight is 715 g/mol. The molecule has 0 unspecified atom stereocenters. The number of hydrogen-bond donors (Lipinski definition) is 10. The zero-order valence-electron chi connectivity index (χ0n) is 29.9. The van der Waals surface area contributed by atoms with Gasteiger partial charge in [0.2, 0.25) is 35.4 Å². The molecule has 12 N–H and O–H groups in total. The number of amides is 6. The van der Waals surface area contributed by atoms with Gasteiger partial charge in [0.25, 0.3) is 0 Å². The van der Waals surface area contributed by atoms with Crippen molar-refractivity contribution in [3.8, 4) is 0 Å². The molecular weight excluding hydrogens is 656 g/mol. The molecular formula is C32H58N8O10. The number of likely N-dealkylation sites (tertiary alicyclic amines) is 1. The van der Waals surface area contributed by atoms with E-state index >= 15 is 0 Å². The molecule has 50 heavy (non-hydrogen) atoms. The van der Waals surface area contributed by atoms with Crippen LogP contribution in [0.15, 0.2) is 0 Å². The predicted octanol–water partition coefficient (Wildman–Crippen LogP) is -2.96. The average Bonchev–Trinajstić information content (AvgIpc) is 3.53. The molecule has 0 aromatic carbocycles. The molecule has 0 aromatic heterocycles. The molecule has 0 saturated carbocycles. The minimum Gasteiger partial charge on any atom is -0.480 e. The number of carbonyl (C=O) groups is 7. The number of rotatable bonds is 21. The van der Waals surface area contributed by atoms with Gasteiger partial charge in [0.05, 0.1) is 12.7 Å². The normalized spacial score (nSPS) is 18.6. The molecule has 8 atom stereocenters. The number of carbonyl (C=O) groups excluding carboxylic acids is 6. The smallest absolute Gasteiger partial charge is 0.326 e. The Bertz CT molecular complexity index is 1180. The Kier molecular flexibility index (Phi) is 18.9. The van der Waals surface area contributed by atoms with Crippen LogP contribution in [-0.4, -0.2) is 130 Å². The molecule has 1 fully saturated rings. The van der Waals surface area contributed by atoms with Crippen molar-refractivity contribution >= 4 is 41.4 Å². The fraction of sp³-hybridized carbons (Fsp3) is 0.781. The molecule has 0 radical (unpaired) electrons. The molecule has 1 heterocycles. The molecule has 286 valence electrons. The van der Waals surface area contributed by atoms with Crippen molar-refractivity contribution in [1.82, 2.24) is 31.5 Å². The van der Waals surface area contributed by atoms with Crippen LogP contribution in [-0.2, 0) is 33.6 Å². The number of nitrogens with two attached hydrogens (primary N) is 2. The Hall–Kier alpha value is -3.87. The van der Waals surface area contributed by atoms with Gasteiger partial charge in [-0.3, -0.25) is 28.8 Å². The Labute approximate surface area is 293 Å². The van der Waals surface area contributed by atoms with Crippen LogP contribution >= 0.6 is 0 Å². The molecule has 1 saturated heterocycles. The summed E-state index contributed by atoms with van der Waals surface area (Å²) < 4.78 is 0. The second-order valence-corrected chi connectivity index (χ2v) is 13.5. The summed E-state index contributed by atoms with van der Waals surface area (Å²) in [7, 11) is 0.